The van der Waals surface area contributed by atoms with Crippen LogP contribution in [0.15, 0.2) is 4.99 Å². The Morgan fingerprint density at radius 3 is 2.86 bits per heavy atom. The molecule has 82 valence electrons. The minimum atomic E-state index is 0.289. The molecule has 1 aliphatic rings. The quantitative estimate of drug-likeness (QED) is 0.421. The summed E-state index contributed by atoms with van der Waals surface area (Å²) in [4.78, 5) is 4.07. The van der Waals surface area contributed by atoms with E-state index in [2.05, 4.69) is 4.99 Å². The van der Waals surface area contributed by atoms with Crippen molar-refractivity contribution in [1.29, 1.82) is 0 Å². The Morgan fingerprint density at radius 1 is 1.50 bits per heavy atom. The average molecular weight is 200 g/mol. The second kappa shape index (κ2) is 6.65. The Morgan fingerprint density at radius 2 is 2.21 bits per heavy atom. The minimum absolute atomic E-state index is 0.289. The molecule has 0 atom stereocenters. The largest absolute Gasteiger partial charge is 0.469 e. The van der Waals surface area contributed by atoms with E-state index in [1.165, 1.54) is 26.4 Å². The molecule has 2 N–H and O–H groups in total. The van der Waals surface area contributed by atoms with Crippen LogP contribution in [0.1, 0.15) is 25.7 Å². The highest BCUT2D eigenvalue weighted by Crippen LogP contribution is 2.19. The lowest BCUT2D eigenvalue weighted by molar-refractivity contribution is 0.0635. The molecule has 0 bridgehead atoms. The molecule has 14 heavy (non-hydrogen) atoms. The van der Waals surface area contributed by atoms with Gasteiger partial charge in [0.15, 0.2) is 0 Å². The van der Waals surface area contributed by atoms with Crippen LogP contribution in [0.4, 0.5) is 0 Å². The summed E-state index contributed by atoms with van der Waals surface area (Å²) < 4.78 is 10.0. The maximum absolute atomic E-state index is 5.40. The van der Waals surface area contributed by atoms with Crippen molar-refractivity contribution in [2.75, 3.05) is 26.9 Å². The Hall–Kier alpha value is -0.770. The first kappa shape index (κ1) is 11.3. The van der Waals surface area contributed by atoms with E-state index in [4.69, 9.17) is 15.2 Å². The third-order valence-corrected chi connectivity index (χ3v) is 2.59. The van der Waals surface area contributed by atoms with Gasteiger partial charge < -0.3 is 15.2 Å². The van der Waals surface area contributed by atoms with Crippen LogP contribution in [0.3, 0.4) is 0 Å². The summed E-state index contributed by atoms with van der Waals surface area (Å²) in [6, 6.07) is 0.289. The molecule has 0 unspecified atom stereocenters. The highest BCUT2D eigenvalue weighted by Gasteiger charge is 2.12. The van der Waals surface area contributed by atoms with Crippen LogP contribution >= 0.6 is 0 Å². The number of rotatable bonds is 4. The normalized spacial score (nSPS) is 19.6. The van der Waals surface area contributed by atoms with Crippen molar-refractivity contribution in [1.82, 2.24) is 0 Å². The zero-order valence-electron chi connectivity index (χ0n) is 8.87. The lowest BCUT2D eigenvalue weighted by atomic mass is 9.95. The molecule has 4 nitrogen and oxygen atoms in total. The molecule has 1 aliphatic heterocycles. The van der Waals surface area contributed by atoms with E-state index >= 15 is 0 Å². The topological polar surface area (TPSA) is 56.8 Å². The SMILES string of the molecule is COC(N)=NCCCC1CCOCC1. The molecule has 0 radical (unpaired) electrons. The summed E-state index contributed by atoms with van der Waals surface area (Å²) in [5.74, 6) is 0.822. The van der Waals surface area contributed by atoms with Crippen LogP contribution in [0.5, 0.6) is 0 Å². The Bertz CT molecular complexity index is 177. The zero-order chi connectivity index (χ0) is 10.2. The third kappa shape index (κ3) is 4.46. The molecule has 0 aromatic heterocycles. The molecule has 1 saturated heterocycles. The summed E-state index contributed by atoms with van der Waals surface area (Å²) in [5.41, 5.74) is 5.40. The summed E-state index contributed by atoms with van der Waals surface area (Å²) in [6.45, 7) is 2.62. The Balaban J connectivity index is 2.02. The highest BCUT2D eigenvalue weighted by molar-refractivity contribution is 5.71. The van der Waals surface area contributed by atoms with Crippen molar-refractivity contribution >= 4 is 6.02 Å². The number of amidine groups is 1. The van der Waals surface area contributed by atoms with Gasteiger partial charge in [0.25, 0.3) is 6.02 Å². The molecule has 4 heteroatoms. The highest BCUT2D eigenvalue weighted by atomic mass is 16.5. The van der Waals surface area contributed by atoms with Crippen molar-refractivity contribution in [3.63, 3.8) is 0 Å². The van der Waals surface area contributed by atoms with Gasteiger partial charge in [-0.3, -0.25) is 0 Å². The first-order chi connectivity index (χ1) is 6.83. The van der Waals surface area contributed by atoms with E-state index in [1.54, 1.807) is 0 Å². The minimum Gasteiger partial charge on any atom is -0.469 e. The van der Waals surface area contributed by atoms with E-state index in [-0.39, 0.29) is 6.02 Å². The van der Waals surface area contributed by atoms with Gasteiger partial charge in [-0.1, -0.05) is 0 Å². The lowest BCUT2D eigenvalue weighted by Crippen LogP contribution is -2.16. The van der Waals surface area contributed by atoms with Crippen LogP contribution in [-0.4, -0.2) is 32.9 Å². The van der Waals surface area contributed by atoms with Gasteiger partial charge in [0, 0.05) is 19.8 Å². The number of nitrogens with two attached hydrogens (primary N) is 1. The van der Waals surface area contributed by atoms with Crippen molar-refractivity contribution in [2.24, 2.45) is 16.6 Å². The standard InChI is InChI=1S/C10H20N2O2/c1-13-10(11)12-6-2-3-9-4-7-14-8-5-9/h9H,2-8H2,1H3,(H2,11,12). The van der Waals surface area contributed by atoms with Crippen molar-refractivity contribution < 1.29 is 9.47 Å². The first-order valence-electron chi connectivity index (χ1n) is 5.24. The zero-order valence-corrected chi connectivity index (χ0v) is 8.87. The number of hydrogen-bond donors (Lipinski definition) is 1. The third-order valence-electron chi connectivity index (χ3n) is 2.59. The molecule has 0 spiro atoms. The van der Waals surface area contributed by atoms with E-state index < -0.39 is 0 Å². The van der Waals surface area contributed by atoms with Crippen molar-refractivity contribution in [2.45, 2.75) is 25.7 Å². The van der Waals surface area contributed by atoms with Gasteiger partial charge in [0.2, 0.25) is 0 Å². The smallest absolute Gasteiger partial charge is 0.281 e. The van der Waals surface area contributed by atoms with Crippen LogP contribution in [-0.2, 0) is 9.47 Å². The monoisotopic (exact) mass is 200 g/mol. The van der Waals surface area contributed by atoms with Crippen molar-refractivity contribution in [3.8, 4) is 0 Å². The maximum Gasteiger partial charge on any atom is 0.281 e. The number of aliphatic imine (C=N–C) groups is 1. The second-order valence-electron chi connectivity index (χ2n) is 3.62. The van der Waals surface area contributed by atoms with E-state index in [0.29, 0.717) is 0 Å². The average Bonchev–Trinajstić information content (AvgIpc) is 2.25. The Labute approximate surface area is 85.5 Å². The van der Waals surface area contributed by atoms with E-state index in [0.717, 1.165) is 32.1 Å². The fourth-order valence-corrected chi connectivity index (χ4v) is 1.67. The molecule has 1 rings (SSSR count). The first-order valence-corrected chi connectivity index (χ1v) is 5.24. The molecule has 0 aromatic rings. The van der Waals surface area contributed by atoms with Gasteiger partial charge in [0.1, 0.15) is 0 Å². The summed E-state index contributed by atoms with van der Waals surface area (Å²) in [7, 11) is 1.54. The molecule has 0 aromatic carbocycles. The molecular weight excluding hydrogens is 180 g/mol. The number of ether oxygens (including phenoxy) is 2. The Kier molecular flexibility index (Phi) is 5.37. The second-order valence-corrected chi connectivity index (χ2v) is 3.62. The predicted molar refractivity (Wildman–Crippen MR) is 56.3 cm³/mol. The van der Waals surface area contributed by atoms with Crippen LogP contribution in [0.2, 0.25) is 0 Å². The van der Waals surface area contributed by atoms with Gasteiger partial charge >= 0.3 is 0 Å². The lowest BCUT2D eigenvalue weighted by Gasteiger charge is -2.21. The molecule has 1 heterocycles. The molecule has 0 amide bonds. The van der Waals surface area contributed by atoms with Gasteiger partial charge in [-0.2, -0.15) is 0 Å². The molecule has 0 saturated carbocycles. The summed E-state index contributed by atoms with van der Waals surface area (Å²) in [5, 5.41) is 0. The number of nitrogens with zero attached hydrogens (tertiary/aromatic N) is 1. The summed E-state index contributed by atoms with van der Waals surface area (Å²) in [6.07, 6.45) is 4.71. The van der Waals surface area contributed by atoms with Crippen molar-refractivity contribution in [3.05, 3.63) is 0 Å². The molecular formula is C10H20N2O2. The fraction of sp³-hybridized carbons (Fsp3) is 0.900. The molecule has 1 fully saturated rings. The van der Waals surface area contributed by atoms with Crippen LogP contribution in [0, 0.1) is 5.92 Å². The van der Waals surface area contributed by atoms with Gasteiger partial charge in [-0.15, -0.1) is 0 Å². The molecule has 0 aliphatic carbocycles. The predicted octanol–water partition coefficient (Wildman–Crippen LogP) is 1.15. The van der Waals surface area contributed by atoms with E-state index in [9.17, 15) is 0 Å². The maximum atomic E-state index is 5.40. The van der Waals surface area contributed by atoms with E-state index in [1.807, 2.05) is 0 Å². The number of hydrogen-bond acceptors (Lipinski definition) is 3. The summed E-state index contributed by atoms with van der Waals surface area (Å²) >= 11 is 0. The van der Waals surface area contributed by atoms with Crippen LogP contribution in [0.25, 0.3) is 0 Å². The number of methoxy groups -OCH3 is 1. The van der Waals surface area contributed by atoms with Crippen LogP contribution < -0.4 is 5.73 Å². The van der Waals surface area contributed by atoms with Gasteiger partial charge in [-0.25, -0.2) is 4.99 Å². The van der Waals surface area contributed by atoms with Gasteiger partial charge in [0.05, 0.1) is 7.11 Å². The van der Waals surface area contributed by atoms with Gasteiger partial charge in [-0.05, 0) is 31.6 Å². The fourth-order valence-electron chi connectivity index (χ4n) is 1.67.